The molecule has 1 saturated carbocycles. The van der Waals surface area contributed by atoms with E-state index in [1.807, 2.05) is 7.05 Å². The summed E-state index contributed by atoms with van der Waals surface area (Å²) in [4.78, 5) is 14.5. The summed E-state index contributed by atoms with van der Waals surface area (Å²) in [6.45, 7) is 1.47. The smallest absolute Gasteiger partial charge is 0.235 e. The lowest BCUT2D eigenvalue weighted by molar-refractivity contribution is -0.141. The van der Waals surface area contributed by atoms with Gasteiger partial charge >= 0.3 is 0 Å². The zero-order valence-electron chi connectivity index (χ0n) is 10.3. The average Bonchev–Trinajstić information content (AvgIpc) is 2.67. The van der Waals surface area contributed by atoms with Crippen molar-refractivity contribution in [2.75, 3.05) is 20.2 Å². The Morgan fingerprint density at radius 2 is 2.24 bits per heavy atom. The Labute approximate surface area is 107 Å². The number of thiocarbonyl (C=S) groups is 1. The molecule has 2 aliphatic rings. The Hall–Kier alpha value is -0.680. The summed E-state index contributed by atoms with van der Waals surface area (Å²) >= 11 is 5.06. The van der Waals surface area contributed by atoms with Crippen molar-refractivity contribution in [2.24, 2.45) is 11.1 Å². The summed E-state index contributed by atoms with van der Waals surface area (Å²) in [5.41, 5.74) is 5.18. The van der Waals surface area contributed by atoms with E-state index in [0.29, 0.717) is 11.5 Å². The first-order valence-electron chi connectivity index (χ1n) is 6.23. The minimum Gasteiger partial charge on any atom is -0.392 e. The average molecular weight is 256 g/mol. The highest BCUT2D eigenvalue weighted by Crippen LogP contribution is 2.42. The zero-order valence-corrected chi connectivity index (χ0v) is 11.1. The van der Waals surface area contributed by atoms with Gasteiger partial charge < -0.3 is 15.4 Å². The maximum absolute atomic E-state index is 12.4. The molecular weight excluding hydrogens is 236 g/mol. The maximum Gasteiger partial charge on any atom is 0.235 e. The SMILES string of the molecule is CN(CC1CCCO1)C(=O)C1(C(N)=S)CCC1. The van der Waals surface area contributed by atoms with E-state index in [1.54, 1.807) is 4.90 Å². The van der Waals surface area contributed by atoms with Crippen molar-refractivity contribution >= 4 is 23.1 Å². The van der Waals surface area contributed by atoms with Gasteiger partial charge in [0.05, 0.1) is 16.5 Å². The minimum absolute atomic E-state index is 0.0757. The third-order valence-electron chi connectivity index (χ3n) is 3.94. The van der Waals surface area contributed by atoms with Gasteiger partial charge in [0.1, 0.15) is 0 Å². The van der Waals surface area contributed by atoms with Crippen LogP contribution in [-0.2, 0) is 9.53 Å². The Bertz CT molecular complexity index is 322. The van der Waals surface area contributed by atoms with Crippen LogP contribution in [0.5, 0.6) is 0 Å². The Balaban J connectivity index is 1.96. The van der Waals surface area contributed by atoms with Gasteiger partial charge in [-0.2, -0.15) is 0 Å². The molecule has 5 heteroatoms. The first-order chi connectivity index (χ1) is 8.06. The van der Waals surface area contributed by atoms with Crippen LogP contribution in [0.25, 0.3) is 0 Å². The molecule has 1 aliphatic carbocycles. The van der Waals surface area contributed by atoms with Crippen LogP contribution < -0.4 is 5.73 Å². The van der Waals surface area contributed by atoms with E-state index in [2.05, 4.69) is 0 Å². The molecule has 0 aromatic carbocycles. The molecule has 1 saturated heterocycles. The molecule has 0 radical (unpaired) electrons. The number of rotatable bonds is 4. The number of carbonyl (C=O) groups is 1. The third kappa shape index (κ3) is 2.31. The Morgan fingerprint density at radius 3 is 2.65 bits per heavy atom. The summed E-state index contributed by atoms with van der Waals surface area (Å²) in [6.07, 6.45) is 4.96. The first-order valence-corrected chi connectivity index (χ1v) is 6.64. The predicted molar refractivity (Wildman–Crippen MR) is 69.7 cm³/mol. The third-order valence-corrected chi connectivity index (χ3v) is 4.33. The second-order valence-electron chi connectivity index (χ2n) is 5.12. The molecule has 17 heavy (non-hydrogen) atoms. The molecule has 0 aromatic rings. The van der Waals surface area contributed by atoms with Crippen LogP contribution in [0.3, 0.4) is 0 Å². The molecule has 4 nitrogen and oxygen atoms in total. The Morgan fingerprint density at radius 1 is 1.53 bits per heavy atom. The number of nitrogens with zero attached hydrogens (tertiary/aromatic N) is 1. The quantitative estimate of drug-likeness (QED) is 0.765. The van der Waals surface area contributed by atoms with Gasteiger partial charge in [-0.3, -0.25) is 4.79 Å². The van der Waals surface area contributed by atoms with Crippen molar-refractivity contribution in [3.8, 4) is 0 Å². The summed E-state index contributed by atoms with van der Waals surface area (Å²) in [5, 5.41) is 0. The lowest BCUT2D eigenvalue weighted by atomic mass is 9.67. The normalized spacial score (nSPS) is 26.3. The lowest BCUT2D eigenvalue weighted by Gasteiger charge is -2.42. The summed E-state index contributed by atoms with van der Waals surface area (Å²) in [5.74, 6) is 0.0757. The number of amides is 1. The summed E-state index contributed by atoms with van der Waals surface area (Å²) in [7, 11) is 1.82. The molecule has 0 aromatic heterocycles. The molecule has 0 spiro atoms. The van der Waals surface area contributed by atoms with Gasteiger partial charge in [-0.05, 0) is 25.7 Å². The highest BCUT2D eigenvalue weighted by atomic mass is 32.1. The predicted octanol–water partition coefficient (Wildman–Crippen LogP) is 1.08. The lowest BCUT2D eigenvalue weighted by Crippen LogP contribution is -2.54. The van der Waals surface area contributed by atoms with Gasteiger partial charge in [0.15, 0.2) is 0 Å². The molecule has 0 bridgehead atoms. The van der Waals surface area contributed by atoms with Crippen LogP contribution in [-0.4, -0.2) is 42.1 Å². The summed E-state index contributed by atoms with van der Waals surface area (Å²) < 4.78 is 5.54. The topological polar surface area (TPSA) is 55.6 Å². The zero-order chi connectivity index (χ0) is 12.5. The standard InChI is InChI=1S/C12H20N2O2S/c1-14(8-9-4-2-7-16-9)11(15)12(10(13)17)5-3-6-12/h9H,2-8H2,1H3,(H2,13,17). The number of nitrogens with two attached hydrogens (primary N) is 1. The van der Waals surface area contributed by atoms with E-state index >= 15 is 0 Å². The highest BCUT2D eigenvalue weighted by Gasteiger charge is 2.48. The van der Waals surface area contributed by atoms with Gasteiger partial charge in [-0.15, -0.1) is 0 Å². The van der Waals surface area contributed by atoms with Crippen molar-refractivity contribution in [3.05, 3.63) is 0 Å². The maximum atomic E-state index is 12.4. The van der Waals surface area contributed by atoms with E-state index in [9.17, 15) is 4.79 Å². The summed E-state index contributed by atoms with van der Waals surface area (Å²) in [6, 6.07) is 0. The molecule has 1 atom stereocenters. The van der Waals surface area contributed by atoms with Crippen LogP contribution in [0.2, 0.25) is 0 Å². The Kier molecular flexibility index (Phi) is 3.68. The van der Waals surface area contributed by atoms with Gasteiger partial charge in [-0.25, -0.2) is 0 Å². The number of carbonyl (C=O) groups excluding carboxylic acids is 1. The molecule has 96 valence electrons. The van der Waals surface area contributed by atoms with E-state index < -0.39 is 5.41 Å². The molecule has 2 N–H and O–H groups in total. The van der Waals surface area contributed by atoms with Crippen molar-refractivity contribution in [1.82, 2.24) is 4.90 Å². The number of likely N-dealkylation sites (N-methyl/N-ethyl adjacent to an activating group) is 1. The van der Waals surface area contributed by atoms with Crippen molar-refractivity contribution in [2.45, 2.75) is 38.2 Å². The molecule has 2 fully saturated rings. The molecule has 2 rings (SSSR count). The second-order valence-corrected chi connectivity index (χ2v) is 5.56. The van der Waals surface area contributed by atoms with E-state index in [-0.39, 0.29) is 12.0 Å². The van der Waals surface area contributed by atoms with Crippen LogP contribution >= 0.6 is 12.2 Å². The fourth-order valence-electron chi connectivity index (χ4n) is 2.64. The molecule has 1 aliphatic heterocycles. The number of hydrogen-bond acceptors (Lipinski definition) is 3. The molecular formula is C12H20N2O2S. The molecule has 1 unspecified atom stereocenters. The van der Waals surface area contributed by atoms with Crippen LogP contribution in [0.15, 0.2) is 0 Å². The van der Waals surface area contributed by atoms with Crippen LogP contribution in [0.4, 0.5) is 0 Å². The number of ether oxygens (including phenoxy) is 1. The first kappa shape index (κ1) is 12.8. The largest absolute Gasteiger partial charge is 0.392 e. The minimum atomic E-state index is -0.553. The molecule has 1 amide bonds. The highest BCUT2D eigenvalue weighted by molar-refractivity contribution is 7.80. The van der Waals surface area contributed by atoms with Crippen LogP contribution in [0, 0.1) is 5.41 Å². The monoisotopic (exact) mass is 256 g/mol. The van der Waals surface area contributed by atoms with Gasteiger partial charge in [0.2, 0.25) is 5.91 Å². The number of hydrogen-bond donors (Lipinski definition) is 1. The van der Waals surface area contributed by atoms with Crippen LogP contribution in [0.1, 0.15) is 32.1 Å². The second kappa shape index (κ2) is 4.90. The molecule has 1 heterocycles. The van der Waals surface area contributed by atoms with E-state index in [0.717, 1.165) is 38.7 Å². The van der Waals surface area contributed by atoms with Crippen molar-refractivity contribution in [3.63, 3.8) is 0 Å². The van der Waals surface area contributed by atoms with Crippen molar-refractivity contribution < 1.29 is 9.53 Å². The van der Waals surface area contributed by atoms with Crippen molar-refractivity contribution in [1.29, 1.82) is 0 Å². The van der Waals surface area contributed by atoms with Gasteiger partial charge in [-0.1, -0.05) is 18.6 Å². The van der Waals surface area contributed by atoms with E-state index in [1.165, 1.54) is 0 Å². The van der Waals surface area contributed by atoms with Gasteiger partial charge in [0.25, 0.3) is 0 Å². The van der Waals surface area contributed by atoms with Gasteiger partial charge in [0, 0.05) is 20.2 Å². The van der Waals surface area contributed by atoms with E-state index in [4.69, 9.17) is 22.7 Å². The fourth-order valence-corrected chi connectivity index (χ4v) is 2.93. The fraction of sp³-hybridized carbons (Fsp3) is 0.833.